The molecule has 0 N–H and O–H groups in total. The molecule has 4 heteroatoms. The SMILES string of the molecule is CC1(C(F)C=C(F)F)CCC[Si](C)(C)C1(C)C. The second kappa shape index (κ2) is 4.45. The first-order valence-electron chi connectivity index (χ1n) is 6.21. The van der Waals surface area contributed by atoms with E-state index < -0.39 is 25.7 Å². The minimum atomic E-state index is -1.90. The summed E-state index contributed by atoms with van der Waals surface area (Å²) in [5.41, 5.74) is -0.662. The van der Waals surface area contributed by atoms with Crippen molar-refractivity contribution in [3.8, 4) is 0 Å². The van der Waals surface area contributed by atoms with Gasteiger partial charge in [0.05, 0.1) is 8.07 Å². The van der Waals surface area contributed by atoms with Crippen molar-refractivity contribution in [2.45, 2.75) is 64.0 Å². The summed E-state index contributed by atoms with van der Waals surface area (Å²) in [4.78, 5) is 0. The summed E-state index contributed by atoms with van der Waals surface area (Å²) in [6.45, 7) is 10.5. The molecule has 2 atom stereocenters. The van der Waals surface area contributed by atoms with Crippen LogP contribution in [0.1, 0.15) is 33.6 Å². The maximum absolute atomic E-state index is 14.2. The van der Waals surface area contributed by atoms with Crippen molar-refractivity contribution in [1.82, 2.24) is 0 Å². The average molecular weight is 264 g/mol. The summed E-state index contributed by atoms with van der Waals surface area (Å²) in [5, 5.41) is -0.177. The third-order valence-corrected chi connectivity index (χ3v) is 11.1. The zero-order valence-corrected chi connectivity index (χ0v) is 12.4. The van der Waals surface area contributed by atoms with Crippen molar-refractivity contribution in [2.24, 2.45) is 5.41 Å². The zero-order valence-electron chi connectivity index (χ0n) is 11.4. The molecule has 2 unspecified atom stereocenters. The van der Waals surface area contributed by atoms with Gasteiger partial charge in [0.1, 0.15) is 6.17 Å². The molecule has 17 heavy (non-hydrogen) atoms. The first-order chi connectivity index (χ1) is 7.54. The number of halogens is 3. The van der Waals surface area contributed by atoms with Gasteiger partial charge in [0.25, 0.3) is 6.08 Å². The summed E-state index contributed by atoms with van der Waals surface area (Å²) in [6, 6.07) is 1.16. The minimum absolute atomic E-state index is 0.177. The van der Waals surface area contributed by atoms with Gasteiger partial charge in [0, 0.05) is 11.5 Å². The minimum Gasteiger partial charge on any atom is -0.242 e. The third kappa shape index (κ3) is 2.33. The van der Waals surface area contributed by atoms with Crippen LogP contribution in [-0.2, 0) is 0 Å². The Morgan fingerprint density at radius 3 is 2.24 bits per heavy atom. The zero-order chi connectivity index (χ0) is 13.5. The van der Waals surface area contributed by atoms with Crippen LogP contribution < -0.4 is 0 Å². The van der Waals surface area contributed by atoms with Gasteiger partial charge in [-0.25, -0.2) is 4.39 Å². The molecule has 1 saturated heterocycles. The number of hydrogen-bond donors (Lipinski definition) is 0. The van der Waals surface area contributed by atoms with Gasteiger partial charge >= 0.3 is 0 Å². The lowest BCUT2D eigenvalue weighted by atomic mass is 9.70. The summed E-state index contributed by atoms with van der Waals surface area (Å²) < 4.78 is 38.8. The Hall–Kier alpha value is -0.253. The normalized spacial score (nSPS) is 32.9. The molecule has 1 heterocycles. The topological polar surface area (TPSA) is 0 Å². The molecule has 0 saturated carbocycles. The number of rotatable bonds is 2. The van der Waals surface area contributed by atoms with Gasteiger partial charge in [-0.05, 0) is 11.5 Å². The largest absolute Gasteiger partial charge is 0.269 e. The Bertz CT molecular complexity index is 319. The highest BCUT2D eigenvalue weighted by Crippen LogP contribution is 2.62. The van der Waals surface area contributed by atoms with Crippen LogP contribution in [0.4, 0.5) is 13.2 Å². The lowest BCUT2D eigenvalue weighted by Gasteiger charge is -2.57. The second-order valence-electron chi connectivity index (χ2n) is 6.64. The van der Waals surface area contributed by atoms with E-state index in [-0.39, 0.29) is 5.04 Å². The fourth-order valence-corrected chi connectivity index (χ4v) is 6.57. The molecular weight excluding hydrogens is 241 g/mol. The van der Waals surface area contributed by atoms with E-state index in [0.717, 1.165) is 12.5 Å². The van der Waals surface area contributed by atoms with Gasteiger partial charge in [-0.15, -0.1) is 0 Å². The van der Waals surface area contributed by atoms with E-state index in [1.165, 1.54) is 0 Å². The predicted octanol–water partition coefficient (Wildman–Crippen LogP) is 5.39. The standard InChI is InChI=1S/C13H23F3Si/c1-12(2)13(3,10(14)9-11(15)16)7-6-8-17(12,4)5/h9-10H,6-8H2,1-5H3. The molecule has 100 valence electrons. The molecule has 0 aromatic rings. The van der Waals surface area contributed by atoms with Gasteiger partial charge < -0.3 is 0 Å². The fraction of sp³-hybridized carbons (Fsp3) is 0.846. The molecule has 0 bridgehead atoms. The van der Waals surface area contributed by atoms with Crippen molar-refractivity contribution >= 4 is 8.07 Å². The van der Waals surface area contributed by atoms with E-state index in [4.69, 9.17) is 0 Å². The van der Waals surface area contributed by atoms with E-state index >= 15 is 0 Å². The van der Waals surface area contributed by atoms with Crippen LogP contribution in [0.3, 0.4) is 0 Å². The first kappa shape index (κ1) is 14.8. The Labute approximate surface area is 103 Å². The maximum atomic E-state index is 14.2. The van der Waals surface area contributed by atoms with Crippen molar-refractivity contribution in [3.63, 3.8) is 0 Å². The average Bonchev–Trinajstić information content (AvgIpc) is 2.13. The lowest BCUT2D eigenvalue weighted by molar-refractivity contribution is 0.0857. The molecule has 0 amide bonds. The predicted molar refractivity (Wildman–Crippen MR) is 68.9 cm³/mol. The molecule has 0 aromatic heterocycles. The summed E-state index contributed by atoms with van der Waals surface area (Å²) in [6.07, 6.45) is -1.30. The van der Waals surface area contributed by atoms with Crippen LogP contribution in [0.5, 0.6) is 0 Å². The first-order valence-corrected chi connectivity index (χ1v) is 9.42. The molecule has 0 spiro atoms. The fourth-order valence-electron chi connectivity index (χ4n) is 3.07. The van der Waals surface area contributed by atoms with Gasteiger partial charge in [0.2, 0.25) is 0 Å². The van der Waals surface area contributed by atoms with E-state index in [2.05, 4.69) is 26.9 Å². The van der Waals surface area contributed by atoms with E-state index in [0.29, 0.717) is 12.5 Å². The monoisotopic (exact) mass is 264 g/mol. The van der Waals surface area contributed by atoms with Crippen LogP contribution in [0.25, 0.3) is 0 Å². The van der Waals surface area contributed by atoms with Crippen molar-refractivity contribution in [1.29, 1.82) is 0 Å². The van der Waals surface area contributed by atoms with Crippen LogP contribution >= 0.6 is 0 Å². The number of alkyl halides is 1. The smallest absolute Gasteiger partial charge is 0.242 e. The molecule has 1 aliphatic rings. The molecule has 1 fully saturated rings. The highest BCUT2D eigenvalue weighted by Gasteiger charge is 2.57. The molecule has 0 nitrogen and oxygen atoms in total. The Kier molecular flexibility index (Phi) is 3.87. The Balaban J connectivity index is 3.13. The Morgan fingerprint density at radius 1 is 1.24 bits per heavy atom. The third-order valence-electron chi connectivity index (χ3n) is 5.50. The van der Waals surface area contributed by atoms with Crippen LogP contribution in [0.2, 0.25) is 24.2 Å². The second-order valence-corrected chi connectivity index (χ2v) is 12.2. The van der Waals surface area contributed by atoms with Crippen LogP contribution in [0.15, 0.2) is 12.2 Å². The molecular formula is C13H23F3Si. The van der Waals surface area contributed by atoms with Crippen molar-refractivity contribution < 1.29 is 13.2 Å². The summed E-state index contributed by atoms with van der Waals surface area (Å²) >= 11 is 0. The summed E-state index contributed by atoms with van der Waals surface area (Å²) in [5.74, 6) is 0. The lowest BCUT2D eigenvalue weighted by Crippen LogP contribution is -2.55. The number of hydrogen-bond acceptors (Lipinski definition) is 0. The molecule has 0 radical (unpaired) electrons. The highest BCUT2D eigenvalue weighted by atomic mass is 28.3. The summed E-state index contributed by atoms with van der Waals surface area (Å²) in [7, 11) is -1.58. The van der Waals surface area contributed by atoms with Gasteiger partial charge in [-0.3, -0.25) is 0 Å². The molecule has 1 rings (SSSR count). The molecule has 1 aliphatic heterocycles. The highest BCUT2D eigenvalue weighted by molar-refractivity contribution is 6.80. The van der Waals surface area contributed by atoms with Crippen molar-refractivity contribution in [2.75, 3.05) is 0 Å². The quantitative estimate of drug-likeness (QED) is 0.586. The van der Waals surface area contributed by atoms with E-state index in [1.807, 2.05) is 6.92 Å². The Morgan fingerprint density at radius 2 is 1.76 bits per heavy atom. The molecule has 0 aromatic carbocycles. The maximum Gasteiger partial charge on any atom is 0.269 e. The van der Waals surface area contributed by atoms with Gasteiger partial charge in [0.15, 0.2) is 0 Å². The van der Waals surface area contributed by atoms with Crippen LogP contribution in [0, 0.1) is 5.41 Å². The van der Waals surface area contributed by atoms with Gasteiger partial charge in [-0.1, -0.05) is 46.3 Å². The molecule has 0 aliphatic carbocycles. The van der Waals surface area contributed by atoms with Crippen LogP contribution in [-0.4, -0.2) is 14.2 Å². The number of allylic oxidation sites excluding steroid dienone is 1. The van der Waals surface area contributed by atoms with Gasteiger partial charge in [-0.2, -0.15) is 8.78 Å². The van der Waals surface area contributed by atoms with Crippen molar-refractivity contribution in [3.05, 3.63) is 12.2 Å². The van der Waals surface area contributed by atoms with E-state index in [1.54, 1.807) is 0 Å². The van der Waals surface area contributed by atoms with E-state index in [9.17, 15) is 13.2 Å².